The van der Waals surface area contributed by atoms with Gasteiger partial charge in [-0.1, -0.05) is 0 Å². The molecule has 0 aliphatic carbocycles. The molecule has 0 aliphatic rings. The Hall–Kier alpha value is 2.57. The summed E-state index contributed by atoms with van der Waals surface area (Å²) in [6.07, 6.45) is -1.83. The van der Waals surface area contributed by atoms with E-state index in [1.54, 1.807) is 0 Å². The number of hydrogen-bond donors (Lipinski definition) is 2. The molecule has 45 valence electrons. The van der Waals surface area contributed by atoms with Crippen LogP contribution >= 0.6 is 24.0 Å². The minimum atomic E-state index is -1.83. The van der Waals surface area contributed by atoms with Crippen LogP contribution in [0.15, 0.2) is 0 Å². The summed E-state index contributed by atoms with van der Waals surface area (Å²) in [5, 5.41) is 13.9. The van der Waals surface area contributed by atoms with Crippen LogP contribution in [-0.4, -0.2) is 85.3 Å². The normalized spacial score (nSPS) is 3.43. The van der Waals surface area contributed by atoms with E-state index in [1.807, 2.05) is 0 Å². The SMILES string of the molecule is I.O=C(O)O.[CsH].[Cu]. The van der Waals surface area contributed by atoms with Crippen molar-refractivity contribution in [1.82, 2.24) is 0 Å². The van der Waals surface area contributed by atoms with Crippen molar-refractivity contribution in [3.8, 4) is 0 Å². The van der Waals surface area contributed by atoms with Crippen molar-refractivity contribution in [2.75, 3.05) is 0 Å². The van der Waals surface area contributed by atoms with Crippen LogP contribution in [0.5, 0.6) is 0 Å². The van der Waals surface area contributed by atoms with E-state index in [0.29, 0.717) is 0 Å². The van der Waals surface area contributed by atoms with Gasteiger partial charge in [0.05, 0.1) is 0 Å². The van der Waals surface area contributed by atoms with Crippen LogP contribution < -0.4 is 0 Å². The van der Waals surface area contributed by atoms with Gasteiger partial charge in [-0.3, -0.25) is 0 Å². The van der Waals surface area contributed by atoms with E-state index >= 15 is 0 Å². The average Bonchev–Trinajstić information content (AvgIpc) is 0.811. The zero-order chi connectivity index (χ0) is 3.58. The molecule has 0 aliphatic heterocycles. The van der Waals surface area contributed by atoms with Gasteiger partial charge in [0.1, 0.15) is 0 Å². The van der Waals surface area contributed by atoms with Crippen LogP contribution in [0.2, 0.25) is 0 Å². The van der Waals surface area contributed by atoms with E-state index in [0.717, 1.165) is 0 Å². The Balaban J connectivity index is -0.0000000150. The zero-order valence-electron chi connectivity index (χ0n) is 2.51. The summed E-state index contributed by atoms with van der Waals surface area (Å²) >= 11 is 0. The third kappa shape index (κ3) is 56.0. The van der Waals surface area contributed by atoms with Gasteiger partial charge in [0, 0.05) is 17.1 Å². The van der Waals surface area contributed by atoms with Gasteiger partial charge >= 0.3 is 75.0 Å². The molecule has 1 radical (unpaired) electrons. The molecule has 0 atom stereocenters. The number of carbonyl (C=O) groups is 1. The van der Waals surface area contributed by atoms with Crippen LogP contribution in [0, 0.1) is 0 Å². The van der Waals surface area contributed by atoms with Crippen LogP contribution in [0.3, 0.4) is 0 Å². The van der Waals surface area contributed by atoms with Crippen molar-refractivity contribution in [2.45, 2.75) is 0 Å². The Morgan fingerprint density at radius 2 is 1.29 bits per heavy atom. The fourth-order valence-electron chi connectivity index (χ4n) is 0. The van der Waals surface area contributed by atoms with Crippen molar-refractivity contribution in [2.24, 2.45) is 0 Å². The molecule has 0 saturated carbocycles. The van der Waals surface area contributed by atoms with Crippen LogP contribution in [0.1, 0.15) is 0 Å². The van der Waals surface area contributed by atoms with Gasteiger partial charge in [-0.05, 0) is 0 Å². The molecule has 0 rings (SSSR count). The Morgan fingerprint density at radius 3 is 1.29 bits per heavy atom. The van der Waals surface area contributed by atoms with E-state index < -0.39 is 6.16 Å². The summed E-state index contributed by atoms with van der Waals surface area (Å²) in [5.74, 6) is 0. The van der Waals surface area contributed by atoms with Gasteiger partial charge in [-0.25, -0.2) is 4.79 Å². The second kappa shape index (κ2) is 15.8. The minimum absolute atomic E-state index is 0. The Morgan fingerprint density at radius 1 is 1.29 bits per heavy atom. The molecule has 6 heteroatoms. The fraction of sp³-hybridized carbons (Fsp3) is 0. The number of rotatable bonds is 0. The number of halogens is 1. The van der Waals surface area contributed by atoms with Gasteiger partial charge < -0.3 is 10.2 Å². The molecule has 3 nitrogen and oxygen atoms in total. The predicted molar refractivity (Wildman–Crippen MR) is 33.2 cm³/mol. The quantitative estimate of drug-likeness (QED) is 0.461. The molecule has 0 saturated heterocycles. The molecule has 0 heterocycles. The summed E-state index contributed by atoms with van der Waals surface area (Å²) in [6, 6.07) is 0. The fourth-order valence-corrected chi connectivity index (χ4v) is 0. The predicted octanol–water partition coefficient (Wildman–Crippen LogP) is 0.189. The summed E-state index contributed by atoms with van der Waals surface area (Å²) < 4.78 is 0. The molecule has 0 bridgehead atoms. The molecule has 0 aromatic carbocycles. The molecular formula is CH4CsCuIO3. The Bertz CT molecular complexity index is 37.9. The molecule has 0 unspecified atom stereocenters. The first-order chi connectivity index (χ1) is 1.73. The van der Waals surface area contributed by atoms with E-state index in [-0.39, 0.29) is 110 Å². The average molecular weight is 387 g/mol. The molecule has 0 spiro atoms. The second-order valence-corrected chi connectivity index (χ2v) is 0.283. The van der Waals surface area contributed by atoms with E-state index in [2.05, 4.69) is 0 Å². The van der Waals surface area contributed by atoms with Gasteiger partial charge in [-0.2, -0.15) is 0 Å². The monoisotopic (exact) mass is 387 g/mol. The Labute approximate surface area is 128 Å². The third-order valence-corrected chi connectivity index (χ3v) is 0. The van der Waals surface area contributed by atoms with E-state index in [1.165, 1.54) is 0 Å². The molecule has 0 amide bonds. The molecule has 0 aromatic heterocycles. The van der Waals surface area contributed by atoms with Crippen molar-refractivity contribution in [3.05, 3.63) is 0 Å². The smallest absolute Gasteiger partial charge is 0 e. The third-order valence-electron chi connectivity index (χ3n) is 0. The Kier molecular flexibility index (Phi) is 51.2. The van der Waals surface area contributed by atoms with E-state index in [9.17, 15) is 0 Å². The van der Waals surface area contributed by atoms with Crippen molar-refractivity contribution >= 4 is 99.0 Å². The molecule has 7 heavy (non-hydrogen) atoms. The summed E-state index contributed by atoms with van der Waals surface area (Å²) in [6.45, 7) is 0. The minimum Gasteiger partial charge on any atom is 0 e. The van der Waals surface area contributed by atoms with Gasteiger partial charge in [0.25, 0.3) is 0 Å². The van der Waals surface area contributed by atoms with Crippen LogP contribution in [0.4, 0.5) is 4.79 Å². The maximum atomic E-state index is 8.56. The summed E-state index contributed by atoms with van der Waals surface area (Å²) in [4.78, 5) is 8.56. The van der Waals surface area contributed by atoms with Crippen LogP contribution in [-0.2, 0) is 17.1 Å². The first-order valence-electron chi connectivity index (χ1n) is 0.651. The standard InChI is InChI=1S/CH2O3.Cs.Cu.HI.H/c2-1(3)4;;;;/h(H2,2,3,4);;;1H;. The number of carboxylic acid groups (broad SMARTS) is 2. The zero-order valence-corrected chi connectivity index (χ0v) is 5.78. The molecule has 2 N–H and O–H groups in total. The topological polar surface area (TPSA) is 57.5 Å². The van der Waals surface area contributed by atoms with Crippen molar-refractivity contribution < 1.29 is 32.1 Å². The largest absolute Gasteiger partial charge is 0 e. The van der Waals surface area contributed by atoms with Gasteiger partial charge in [-0.15, -0.1) is 24.0 Å². The first-order valence-corrected chi connectivity index (χ1v) is 0.651. The van der Waals surface area contributed by atoms with Gasteiger partial charge in [0.15, 0.2) is 0 Å². The van der Waals surface area contributed by atoms with E-state index in [4.69, 9.17) is 15.0 Å². The molecular weight excluding hydrogens is 383 g/mol. The molecule has 0 fully saturated rings. The maximum absolute atomic E-state index is 8.56. The van der Waals surface area contributed by atoms with Gasteiger partial charge in [0.2, 0.25) is 0 Å². The summed E-state index contributed by atoms with van der Waals surface area (Å²) in [7, 11) is 0. The van der Waals surface area contributed by atoms with Crippen molar-refractivity contribution in [3.63, 3.8) is 0 Å². The second-order valence-electron chi connectivity index (χ2n) is 0.283. The van der Waals surface area contributed by atoms with Crippen LogP contribution in [0.25, 0.3) is 0 Å². The molecule has 0 aromatic rings. The first kappa shape index (κ1) is 22.7. The maximum Gasteiger partial charge on any atom is 0 e. The summed E-state index contributed by atoms with van der Waals surface area (Å²) in [5.41, 5.74) is 0. The number of hydrogen-bond acceptors (Lipinski definition) is 1. The van der Waals surface area contributed by atoms with Crippen molar-refractivity contribution in [1.29, 1.82) is 0 Å².